The largest absolute Gasteiger partial charge is 0.464 e. The SMILES string of the molecule is COC(=O)c1nn(C)c2c1CCN(C(=O)c1ccc(C)c(C)c1)C2. The monoisotopic (exact) mass is 327 g/mol. The lowest BCUT2D eigenvalue weighted by Gasteiger charge is -2.27. The number of aryl methyl sites for hydroxylation is 3. The highest BCUT2D eigenvalue weighted by Crippen LogP contribution is 2.24. The molecular weight excluding hydrogens is 306 g/mol. The molecule has 1 amide bonds. The van der Waals surface area contributed by atoms with Crippen molar-refractivity contribution in [2.45, 2.75) is 26.8 Å². The minimum absolute atomic E-state index is 0.00423. The predicted molar refractivity (Wildman–Crippen MR) is 88.9 cm³/mol. The van der Waals surface area contributed by atoms with Crippen molar-refractivity contribution in [2.24, 2.45) is 7.05 Å². The molecule has 0 saturated carbocycles. The van der Waals surface area contributed by atoms with Gasteiger partial charge in [-0.2, -0.15) is 5.10 Å². The summed E-state index contributed by atoms with van der Waals surface area (Å²) in [4.78, 5) is 26.4. The summed E-state index contributed by atoms with van der Waals surface area (Å²) in [6.07, 6.45) is 0.601. The number of hydrogen-bond donors (Lipinski definition) is 0. The highest BCUT2D eigenvalue weighted by Gasteiger charge is 2.29. The lowest BCUT2D eigenvalue weighted by molar-refractivity contribution is 0.0591. The number of amides is 1. The van der Waals surface area contributed by atoms with E-state index >= 15 is 0 Å². The highest BCUT2D eigenvalue weighted by molar-refractivity contribution is 5.95. The lowest BCUT2D eigenvalue weighted by atomic mass is 10.0. The van der Waals surface area contributed by atoms with Crippen LogP contribution in [0.4, 0.5) is 0 Å². The van der Waals surface area contributed by atoms with Gasteiger partial charge in [-0.1, -0.05) is 6.07 Å². The first-order valence-corrected chi connectivity index (χ1v) is 7.92. The van der Waals surface area contributed by atoms with Crippen LogP contribution in [0.5, 0.6) is 0 Å². The van der Waals surface area contributed by atoms with Gasteiger partial charge in [0.25, 0.3) is 5.91 Å². The van der Waals surface area contributed by atoms with Gasteiger partial charge in [-0.3, -0.25) is 9.48 Å². The molecule has 0 bridgehead atoms. The van der Waals surface area contributed by atoms with Crippen LogP contribution in [0.25, 0.3) is 0 Å². The molecule has 6 heteroatoms. The average Bonchev–Trinajstić information content (AvgIpc) is 2.92. The summed E-state index contributed by atoms with van der Waals surface area (Å²) in [6, 6.07) is 5.76. The molecule has 24 heavy (non-hydrogen) atoms. The summed E-state index contributed by atoms with van der Waals surface area (Å²) in [5.74, 6) is -0.426. The van der Waals surface area contributed by atoms with Gasteiger partial charge in [0, 0.05) is 24.7 Å². The molecule has 2 aromatic rings. The van der Waals surface area contributed by atoms with Crippen LogP contribution in [0.1, 0.15) is 43.2 Å². The Morgan fingerprint density at radius 1 is 1.21 bits per heavy atom. The molecule has 1 aliphatic rings. The van der Waals surface area contributed by atoms with E-state index in [1.807, 2.05) is 32.0 Å². The van der Waals surface area contributed by atoms with E-state index in [0.29, 0.717) is 30.8 Å². The number of fused-ring (bicyclic) bond motifs is 1. The van der Waals surface area contributed by atoms with Gasteiger partial charge in [0.2, 0.25) is 0 Å². The molecule has 0 N–H and O–H groups in total. The first-order chi connectivity index (χ1) is 11.4. The van der Waals surface area contributed by atoms with Gasteiger partial charge >= 0.3 is 5.97 Å². The zero-order valence-corrected chi connectivity index (χ0v) is 14.4. The molecular formula is C18H21N3O3. The molecule has 0 spiro atoms. The number of rotatable bonds is 2. The predicted octanol–water partition coefficient (Wildman–Crippen LogP) is 2.02. The fourth-order valence-electron chi connectivity index (χ4n) is 3.06. The fraction of sp³-hybridized carbons (Fsp3) is 0.389. The third-order valence-electron chi connectivity index (χ3n) is 4.67. The third-order valence-corrected chi connectivity index (χ3v) is 4.67. The Kier molecular flexibility index (Phi) is 4.13. The smallest absolute Gasteiger partial charge is 0.358 e. The van der Waals surface area contributed by atoms with Crippen LogP contribution >= 0.6 is 0 Å². The summed E-state index contributed by atoms with van der Waals surface area (Å²) in [7, 11) is 3.14. The van der Waals surface area contributed by atoms with E-state index < -0.39 is 5.97 Å². The Bertz CT molecular complexity index is 823. The first kappa shape index (κ1) is 16.2. The van der Waals surface area contributed by atoms with Crippen molar-refractivity contribution in [3.05, 3.63) is 51.8 Å². The van der Waals surface area contributed by atoms with Gasteiger partial charge in [0.15, 0.2) is 5.69 Å². The van der Waals surface area contributed by atoms with Crippen molar-refractivity contribution in [2.75, 3.05) is 13.7 Å². The van der Waals surface area contributed by atoms with Crippen molar-refractivity contribution in [1.82, 2.24) is 14.7 Å². The number of hydrogen-bond acceptors (Lipinski definition) is 4. The molecule has 0 atom stereocenters. The van der Waals surface area contributed by atoms with Gasteiger partial charge in [0.05, 0.1) is 19.3 Å². The third kappa shape index (κ3) is 2.68. The minimum Gasteiger partial charge on any atom is -0.464 e. The second-order valence-electron chi connectivity index (χ2n) is 6.16. The lowest BCUT2D eigenvalue weighted by Crippen LogP contribution is -2.36. The number of nitrogens with zero attached hydrogens (tertiary/aromatic N) is 3. The van der Waals surface area contributed by atoms with E-state index in [1.54, 1.807) is 16.6 Å². The summed E-state index contributed by atoms with van der Waals surface area (Å²) < 4.78 is 6.46. The van der Waals surface area contributed by atoms with Crippen molar-refractivity contribution in [3.63, 3.8) is 0 Å². The number of benzene rings is 1. The topological polar surface area (TPSA) is 64.4 Å². The van der Waals surface area contributed by atoms with Crippen LogP contribution in [0, 0.1) is 13.8 Å². The van der Waals surface area contributed by atoms with E-state index in [9.17, 15) is 9.59 Å². The van der Waals surface area contributed by atoms with Crippen molar-refractivity contribution in [3.8, 4) is 0 Å². The van der Waals surface area contributed by atoms with E-state index in [4.69, 9.17) is 4.74 Å². The van der Waals surface area contributed by atoms with Crippen molar-refractivity contribution < 1.29 is 14.3 Å². The van der Waals surface area contributed by atoms with E-state index in [1.165, 1.54) is 12.7 Å². The maximum Gasteiger partial charge on any atom is 0.358 e. The standard InChI is InChI=1S/C18H21N3O3/c1-11-5-6-13(9-12(11)2)17(22)21-8-7-14-15(10-21)20(3)19-16(14)18(23)24-4/h5-6,9H,7-8,10H2,1-4H3. The van der Waals surface area contributed by atoms with Crippen LogP contribution < -0.4 is 0 Å². The number of carbonyl (C=O) groups is 2. The molecule has 2 heterocycles. The molecule has 1 aromatic carbocycles. The van der Waals surface area contributed by atoms with Crippen LogP contribution in [-0.4, -0.2) is 40.2 Å². The van der Waals surface area contributed by atoms with Gasteiger partial charge in [-0.05, 0) is 43.5 Å². The van der Waals surface area contributed by atoms with Crippen LogP contribution in [0.2, 0.25) is 0 Å². The zero-order valence-electron chi connectivity index (χ0n) is 14.4. The van der Waals surface area contributed by atoms with E-state index in [0.717, 1.165) is 16.8 Å². The Balaban J connectivity index is 1.87. The Hall–Kier alpha value is -2.63. The quantitative estimate of drug-likeness (QED) is 0.792. The van der Waals surface area contributed by atoms with E-state index in [-0.39, 0.29) is 5.91 Å². The summed E-state index contributed by atoms with van der Waals surface area (Å²) >= 11 is 0. The molecule has 0 radical (unpaired) electrons. The number of methoxy groups -OCH3 is 1. The number of carbonyl (C=O) groups excluding carboxylic acids is 2. The Labute approximate surface area is 141 Å². The maximum atomic E-state index is 12.8. The molecule has 0 aliphatic carbocycles. The molecule has 1 aromatic heterocycles. The summed E-state index contributed by atoms with van der Waals surface area (Å²) in [5.41, 5.74) is 5.09. The molecule has 6 nitrogen and oxygen atoms in total. The second-order valence-corrected chi connectivity index (χ2v) is 6.16. The molecule has 0 fully saturated rings. The minimum atomic E-state index is -0.430. The van der Waals surface area contributed by atoms with Gasteiger partial charge in [0.1, 0.15) is 0 Å². The van der Waals surface area contributed by atoms with E-state index in [2.05, 4.69) is 5.10 Å². The normalized spacial score (nSPS) is 13.6. The zero-order chi connectivity index (χ0) is 17.4. The average molecular weight is 327 g/mol. The number of aromatic nitrogens is 2. The fourth-order valence-corrected chi connectivity index (χ4v) is 3.06. The Morgan fingerprint density at radius 2 is 1.96 bits per heavy atom. The second kappa shape index (κ2) is 6.11. The molecule has 1 aliphatic heterocycles. The van der Waals surface area contributed by atoms with Crippen LogP contribution in [0.3, 0.4) is 0 Å². The highest BCUT2D eigenvalue weighted by atomic mass is 16.5. The Morgan fingerprint density at radius 3 is 2.62 bits per heavy atom. The van der Waals surface area contributed by atoms with Gasteiger partial charge in [-0.25, -0.2) is 4.79 Å². The molecule has 0 saturated heterocycles. The van der Waals surface area contributed by atoms with Crippen LogP contribution in [0.15, 0.2) is 18.2 Å². The summed E-state index contributed by atoms with van der Waals surface area (Å²) in [5, 5.41) is 4.26. The molecule has 3 rings (SSSR count). The van der Waals surface area contributed by atoms with Crippen molar-refractivity contribution >= 4 is 11.9 Å². The number of ether oxygens (including phenoxy) is 1. The summed E-state index contributed by atoms with van der Waals surface area (Å²) in [6.45, 7) is 5.04. The first-order valence-electron chi connectivity index (χ1n) is 7.92. The molecule has 126 valence electrons. The van der Waals surface area contributed by atoms with Crippen LogP contribution in [-0.2, 0) is 24.8 Å². The molecule has 0 unspecified atom stereocenters. The van der Waals surface area contributed by atoms with Gasteiger partial charge in [-0.15, -0.1) is 0 Å². The van der Waals surface area contributed by atoms with Crippen molar-refractivity contribution in [1.29, 1.82) is 0 Å². The number of esters is 1. The van der Waals surface area contributed by atoms with Gasteiger partial charge < -0.3 is 9.64 Å². The maximum absolute atomic E-state index is 12.8.